The van der Waals surface area contributed by atoms with Crippen LogP contribution in [0.3, 0.4) is 0 Å². The second-order valence-corrected chi connectivity index (χ2v) is 6.83. The first-order valence-electron chi connectivity index (χ1n) is 9.99. The highest BCUT2D eigenvalue weighted by molar-refractivity contribution is 4.57. The molecule has 1 unspecified atom stereocenters. The van der Waals surface area contributed by atoms with Crippen molar-refractivity contribution < 1.29 is 5.11 Å². The molecule has 1 heteroatoms. The third-order valence-corrected chi connectivity index (χ3v) is 4.53. The predicted molar refractivity (Wildman–Crippen MR) is 95.8 cm³/mol. The van der Waals surface area contributed by atoms with Gasteiger partial charge in [-0.05, 0) is 12.8 Å². The van der Waals surface area contributed by atoms with Gasteiger partial charge in [-0.15, -0.1) is 0 Å². The molecule has 0 aliphatic carbocycles. The quantitative estimate of drug-likeness (QED) is 0.286. The topological polar surface area (TPSA) is 20.2 Å². The molecular weight excluding hydrogens is 256 g/mol. The van der Waals surface area contributed by atoms with E-state index < -0.39 is 0 Å². The molecule has 128 valence electrons. The van der Waals surface area contributed by atoms with Gasteiger partial charge in [-0.25, -0.2) is 0 Å². The maximum atomic E-state index is 9.93. The Balaban J connectivity index is 3.09. The van der Waals surface area contributed by atoms with Gasteiger partial charge in [-0.3, -0.25) is 0 Å². The summed E-state index contributed by atoms with van der Waals surface area (Å²) in [6.07, 6.45) is 22.4. The first kappa shape index (κ1) is 21.0. The lowest BCUT2D eigenvalue weighted by atomic mass is 10.0. The Morgan fingerprint density at radius 1 is 0.476 bits per heavy atom. The second-order valence-electron chi connectivity index (χ2n) is 6.83. The molecule has 0 radical (unpaired) electrons. The zero-order valence-corrected chi connectivity index (χ0v) is 15.0. The minimum atomic E-state index is -0.0272. The predicted octanol–water partition coefficient (Wildman–Crippen LogP) is 7.02. The zero-order valence-electron chi connectivity index (χ0n) is 15.0. The van der Waals surface area contributed by atoms with Crippen molar-refractivity contribution in [3.63, 3.8) is 0 Å². The number of unbranched alkanes of at least 4 members (excludes halogenated alkanes) is 13. The molecule has 1 N–H and O–H groups in total. The average Bonchev–Trinajstić information content (AvgIpc) is 2.49. The molecule has 0 fully saturated rings. The monoisotopic (exact) mass is 298 g/mol. The van der Waals surface area contributed by atoms with Crippen LogP contribution in [0.15, 0.2) is 0 Å². The van der Waals surface area contributed by atoms with Crippen LogP contribution in [-0.4, -0.2) is 11.2 Å². The molecule has 0 aromatic heterocycles. The molecule has 0 saturated heterocycles. The Morgan fingerprint density at radius 3 is 1.10 bits per heavy atom. The molecule has 0 rings (SSSR count). The highest BCUT2D eigenvalue weighted by atomic mass is 16.3. The van der Waals surface area contributed by atoms with Crippen LogP contribution in [0.2, 0.25) is 0 Å². The summed E-state index contributed by atoms with van der Waals surface area (Å²) >= 11 is 0. The van der Waals surface area contributed by atoms with Gasteiger partial charge in [-0.2, -0.15) is 0 Å². The summed E-state index contributed by atoms with van der Waals surface area (Å²) in [6, 6.07) is 0. The fourth-order valence-electron chi connectivity index (χ4n) is 3.00. The fourth-order valence-corrected chi connectivity index (χ4v) is 3.00. The summed E-state index contributed by atoms with van der Waals surface area (Å²) in [5.41, 5.74) is 0. The van der Waals surface area contributed by atoms with Crippen LogP contribution in [0.25, 0.3) is 0 Å². The summed E-state index contributed by atoms with van der Waals surface area (Å²) in [6.45, 7) is 4.53. The van der Waals surface area contributed by atoms with E-state index in [1.165, 1.54) is 96.3 Å². The molecule has 0 amide bonds. The van der Waals surface area contributed by atoms with Gasteiger partial charge in [-0.1, -0.05) is 110 Å². The Morgan fingerprint density at radius 2 is 0.762 bits per heavy atom. The Kier molecular flexibility index (Phi) is 18.0. The standard InChI is InChI=1S/C20H42O/c1-3-5-7-9-10-11-12-13-15-17-19-20(21)18-16-14-8-6-4-2/h20-21H,3-19H2,1-2H3. The number of rotatable bonds is 17. The van der Waals surface area contributed by atoms with Crippen LogP contribution in [0.1, 0.15) is 123 Å². The van der Waals surface area contributed by atoms with Gasteiger partial charge < -0.3 is 5.11 Å². The van der Waals surface area contributed by atoms with Crippen LogP contribution in [0.5, 0.6) is 0 Å². The van der Waals surface area contributed by atoms with Crippen LogP contribution in [0, 0.1) is 0 Å². The number of hydrogen-bond acceptors (Lipinski definition) is 1. The van der Waals surface area contributed by atoms with Gasteiger partial charge in [0, 0.05) is 0 Å². The van der Waals surface area contributed by atoms with E-state index >= 15 is 0 Å². The van der Waals surface area contributed by atoms with E-state index in [0.29, 0.717) is 0 Å². The molecule has 0 spiro atoms. The first-order valence-corrected chi connectivity index (χ1v) is 9.99. The summed E-state index contributed by atoms with van der Waals surface area (Å²) < 4.78 is 0. The van der Waals surface area contributed by atoms with Gasteiger partial charge in [0.25, 0.3) is 0 Å². The van der Waals surface area contributed by atoms with Gasteiger partial charge in [0.1, 0.15) is 0 Å². The van der Waals surface area contributed by atoms with Crippen LogP contribution < -0.4 is 0 Å². The minimum Gasteiger partial charge on any atom is -0.393 e. The van der Waals surface area contributed by atoms with Crippen molar-refractivity contribution >= 4 is 0 Å². The van der Waals surface area contributed by atoms with E-state index in [0.717, 1.165) is 12.8 Å². The molecule has 0 saturated carbocycles. The number of aliphatic hydroxyl groups excluding tert-OH is 1. The third-order valence-electron chi connectivity index (χ3n) is 4.53. The average molecular weight is 299 g/mol. The molecule has 0 aliphatic rings. The van der Waals surface area contributed by atoms with E-state index in [4.69, 9.17) is 0 Å². The molecule has 0 bridgehead atoms. The first-order chi connectivity index (χ1) is 10.3. The lowest BCUT2D eigenvalue weighted by molar-refractivity contribution is 0.147. The summed E-state index contributed by atoms with van der Waals surface area (Å²) in [4.78, 5) is 0. The van der Waals surface area contributed by atoms with E-state index in [-0.39, 0.29) is 6.10 Å². The Hall–Kier alpha value is -0.0400. The van der Waals surface area contributed by atoms with Gasteiger partial charge in [0.05, 0.1) is 6.10 Å². The molecule has 1 atom stereocenters. The highest BCUT2D eigenvalue weighted by Crippen LogP contribution is 2.14. The highest BCUT2D eigenvalue weighted by Gasteiger charge is 2.03. The molecule has 1 nitrogen and oxygen atoms in total. The van der Waals surface area contributed by atoms with Crippen LogP contribution >= 0.6 is 0 Å². The Labute approximate surface area is 134 Å². The van der Waals surface area contributed by atoms with Crippen molar-refractivity contribution in [2.75, 3.05) is 0 Å². The van der Waals surface area contributed by atoms with Crippen molar-refractivity contribution in [1.82, 2.24) is 0 Å². The number of aliphatic hydroxyl groups is 1. The molecular formula is C20H42O. The maximum absolute atomic E-state index is 9.93. The van der Waals surface area contributed by atoms with Crippen molar-refractivity contribution in [2.24, 2.45) is 0 Å². The van der Waals surface area contributed by atoms with Crippen LogP contribution in [-0.2, 0) is 0 Å². The molecule has 0 aromatic carbocycles. The number of hydrogen-bond donors (Lipinski definition) is 1. The summed E-state index contributed by atoms with van der Waals surface area (Å²) in [5, 5.41) is 9.93. The molecule has 0 aliphatic heterocycles. The van der Waals surface area contributed by atoms with Crippen molar-refractivity contribution in [3.05, 3.63) is 0 Å². The van der Waals surface area contributed by atoms with Gasteiger partial charge in [0.2, 0.25) is 0 Å². The van der Waals surface area contributed by atoms with Crippen LogP contribution in [0.4, 0.5) is 0 Å². The molecule has 0 heterocycles. The maximum Gasteiger partial charge on any atom is 0.0540 e. The SMILES string of the molecule is CCCCCCCCCCCCC(O)CCCCCCC. The van der Waals surface area contributed by atoms with Crippen molar-refractivity contribution in [1.29, 1.82) is 0 Å². The van der Waals surface area contributed by atoms with E-state index in [2.05, 4.69) is 13.8 Å². The molecule has 0 aromatic rings. The molecule has 21 heavy (non-hydrogen) atoms. The smallest absolute Gasteiger partial charge is 0.0540 e. The van der Waals surface area contributed by atoms with Gasteiger partial charge >= 0.3 is 0 Å². The Bertz CT molecular complexity index is 179. The van der Waals surface area contributed by atoms with Crippen molar-refractivity contribution in [3.8, 4) is 0 Å². The second kappa shape index (κ2) is 18.0. The largest absolute Gasteiger partial charge is 0.393 e. The van der Waals surface area contributed by atoms with Crippen molar-refractivity contribution in [2.45, 2.75) is 129 Å². The summed E-state index contributed by atoms with van der Waals surface area (Å²) in [7, 11) is 0. The normalized spacial score (nSPS) is 12.7. The summed E-state index contributed by atoms with van der Waals surface area (Å²) in [5.74, 6) is 0. The minimum absolute atomic E-state index is 0.0272. The fraction of sp³-hybridized carbons (Fsp3) is 1.00. The van der Waals surface area contributed by atoms with E-state index in [1.807, 2.05) is 0 Å². The third kappa shape index (κ3) is 17.9. The van der Waals surface area contributed by atoms with E-state index in [1.54, 1.807) is 0 Å². The van der Waals surface area contributed by atoms with E-state index in [9.17, 15) is 5.11 Å². The lowest BCUT2D eigenvalue weighted by Gasteiger charge is -2.10. The lowest BCUT2D eigenvalue weighted by Crippen LogP contribution is -2.05. The zero-order chi connectivity index (χ0) is 15.6. The van der Waals surface area contributed by atoms with Gasteiger partial charge in [0.15, 0.2) is 0 Å².